The lowest BCUT2D eigenvalue weighted by Gasteiger charge is -2.34. The summed E-state index contributed by atoms with van der Waals surface area (Å²) in [5.41, 5.74) is 3.50. The van der Waals surface area contributed by atoms with E-state index in [-0.39, 0.29) is 18.0 Å². The monoisotopic (exact) mass is 526 g/mol. The van der Waals surface area contributed by atoms with Crippen molar-refractivity contribution in [1.29, 1.82) is 0 Å². The predicted molar refractivity (Wildman–Crippen MR) is 145 cm³/mol. The zero-order chi connectivity index (χ0) is 25.7. The molecule has 1 saturated heterocycles. The number of amides is 1. The summed E-state index contributed by atoms with van der Waals surface area (Å²) in [6, 6.07) is 21.1. The summed E-state index contributed by atoms with van der Waals surface area (Å²) in [4.78, 5) is 17.8. The standard InChI is InChI=1S/C27H31ClN4O3S/c1-21-18-24(31-16-14-30(2)15-17-31)10-13-26(21)29-27(33)20-32(19-22-6-4-3-5-7-22)36(34,35)25-11-8-23(28)9-12-25/h3-13,18H,14-17,19-20H2,1-2H3,(H,29,33). The number of hydrogen-bond acceptors (Lipinski definition) is 5. The third kappa shape index (κ3) is 6.44. The quantitative estimate of drug-likeness (QED) is 0.475. The van der Waals surface area contributed by atoms with Gasteiger partial charge in [-0.3, -0.25) is 4.79 Å². The molecule has 0 radical (unpaired) electrons. The fourth-order valence-corrected chi connectivity index (χ4v) is 5.68. The highest BCUT2D eigenvalue weighted by atomic mass is 35.5. The van der Waals surface area contributed by atoms with E-state index in [0.717, 1.165) is 43.0 Å². The molecular formula is C27H31ClN4O3S. The van der Waals surface area contributed by atoms with Crippen LogP contribution in [0, 0.1) is 6.92 Å². The van der Waals surface area contributed by atoms with Gasteiger partial charge in [0, 0.05) is 49.1 Å². The lowest BCUT2D eigenvalue weighted by Crippen LogP contribution is -2.44. The van der Waals surface area contributed by atoms with Gasteiger partial charge in [0.1, 0.15) is 0 Å². The van der Waals surface area contributed by atoms with Gasteiger partial charge >= 0.3 is 0 Å². The minimum atomic E-state index is -3.94. The Balaban J connectivity index is 1.51. The van der Waals surface area contributed by atoms with Gasteiger partial charge in [0.2, 0.25) is 15.9 Å². The molecule has 0 spiro atoms. The van der Waals surface area contributed by atoms with Crippen molar-refractivity contribution >= 4 is 38.9 Å². The Bertz CT molecular complexity index is 1290. The van der Waals surface area contributed by atoms with E-state index in [0.29, 0.717) is 10.7 Å². The minimum Gasteiger partial charge on any atom is -0.369 e. The largest absolute Gasteiger partial charge is 0.369 e. The lowest BCUT2D eigenvalue weighted by atomic mass is 10.1. The van der Waals surface area contributed by atoms with Gasteiger partial charge in [-0.2, -0.15) is 4.31 Å². The van der Waals surface area contributed by atoms with Crippen molar-refractivity contribution in [2.75, 3.05) is 50.0 Å². The van der Waals surface area contributed by atoms with Crippen LogP contribution in [0.2, 0.25) is 5.02 Å². The van der Waals surface area contributed by atoms with Gasteiger partial charge in [0.05, 0.1) is 11.4 Å². The first kappa shape index (κ1) is 26.2. The summed E-state index contributed by atoms with van der Waals surface area (Å²) in [6.07, 6.45) is 0. The van der Waals surface area contributed by atoms with E-state index in [2.05, 4.69) is 28.2 Å². The molecular weight excluding hydrogens is 496 g/mol. The van der Waals surface area contributed by atoms with Gasteiger partial charge in [-0.15, -0.1) is 0 Å². The van der Waals surface area contributed by atoms with Gasteiger partial charge in [0.15, 0.2) is 0 Å². The van der Waals surface area contributed by atoms with Crippen LogP contribution >= 0.6 is 11.6 Å². The number of carbonyl (C=O) groups excluding carboxylic acids is 1. The Morgan fingerprint density at radius 1 is 0.972 bits per heavy atom. The first-order chi connectivity index (χ1) is 17.2. The summed E-state index contributed by atoms with van der Waals surface area (Å²) in [6.45, 7) is 5.63. The molecule has 3 aromatic rings. The Labute approximate surface area is 218 Å². The zero-order valence-electron chi connectivity index (χ0n) is 20.5. The summed E-state index contributed by atoms with van der Waals surface area (Å²) < 4.78 is 28.1. The highest BCUT2D eigenvalue weighted by molar-refractivity contribution is 7.89. The van der Waals surface area contributed by atoms with E-state index >= 15 is 0 Å². The average molecular weight is 527 g/mol. The number of nitrogens with one attached hydrogen (secondary N) is 1. The summed E-state index contributed by atoms with van der Waals surface area (Å²) in [5, 5.41) is 3.34. The molecule has 0 unspecified atom stereocenters. The summed E-state index contributed by atoms with van der Waals surface area (Å²) >= 11 is 5.95. The molecule has 36 heavy (non-hydrogen) atoms. The maximum absolute atomic E-state index is 13.4. The van der Waals surface area contributed by atoms with Crippen molar-refractivity contribution in [2.45, 2.75) is 18.4 Å². The van der Waals surface area contributed by atoms with Gasteiger partial charge in [-0.05, 0) is 67.6 Å². The maximum atomic E-state index is 13.4. The van der Waals surface area contributed by atoms with Crippen LogP contribution in [-0.4, -0.2) is 63.3 Å². The maximum Gasteiger partial charge on any atom is 0.243 e. The number of carbonyl (C=O) groups is 1. The van der Waals surface area contributed by atoms with Gasteiger partial charge in [-0.25, -0.2) is 8.42 Å². The van der Waals surface area contributed by atoms with Crippen LogP contribution in [0.5, 0.6) is 0 Å². The molecule has 190 valence electrons. The first-order valence-electron chi connectivity index (χ1n) is 11.9. The SMILES string of the molecule is Cc1cc(N2CCN(C)CC2)ccc1NC(=O)CN(Cc1ccccc1)S(=O)(=O)c1ccc(Cl)cc1. The molecule has 7 nitrogen and oxygen atoms in total. The van der Waals surface area contributed by atoms with Crippen LogP contribution < -0.4 is 10.2 Å². The van der Waals surface area contributed by atoms with E-state index in [1.807, 2.05) is 49.4 Å². The van der Waals surface area contributed by atoms with E-state index < -0.39 is 15.9 Å². The highest BCUT2D eigenvalue weighted by Crippen LogP contribution is 2.25. The van der Waals surface area contributed by atoms with Crippen LogP contribution in [0.25, 0.3) is 0 Å². The third-order valence-electron chi connectivity index (χ3n) is 6.33. The number of sulfonamides is 1. The Kier molecular flexibility index (Phi) is 8.31. The van der Waals surface area contributed by atoms with Crippen molar-refractivity contribution in [3.63, 3.8) is 0 Å². The predicted octanol–water partition coefficient (Wildman–Crippen LogP) is 4.23. The molecule has 1 amide bonds. The van der Waals surface area contributed by atoms with Crippen molar-refractivity contribution in [3.8, 4) is 0 Å². The molecule has 3 aromatic carbocycles. The molecule has 0 saturated carbocycles. The van der Waals surface area contributed by atoms with Crippen molar-refractivity contribution in [2.24, 2.45) is 0 Å². The van der Waals surface area contributed by atoms with E-state index in [9.17, 15) is 13.2 Å². The number of halogens is 1. The molecule has 0 aromatic heterocycles. The van der Waals surface area contributed by atoms with Crippen molar-refractivity contribution in [1.82, 2.24) is 9.21 Å². The molecule has 1 aliphatic heterocycles. The molecule has 1 heterocycles. The number of aryl methyl sites for hydroxylation is 1. The van der Waals surface area contributed by atoms with Crippen LogP contribution in [0.1, 0.15) is 11.1 Å². The molecule has 0 aliphatic carbocycles. The van der Waals surface area contributed by atoms with Crippen LogP contribution in [0.3, 0.4) is 0 Å². The first-order valence-corrected chi connectivity index (χ1v) is 13.7. The molecule has 0 bridgehead atoms. The number of benzene rings is 3. The molecule has 0 atom stereocenters. The number of nitrogens with zero attached hydrogens (tertiary/aromatic N) is 3. The molecule has 1 aliphatic rings. The second-order valence-electron chi connectivity index (χ2n) is 9.05. The van der Waals surface area contributed by atoms with Gasteiger partial charge < -0.3 is 15.1 Å². The molecule has 1 N–H and O–H groups in total. The Hall–Kier alpha value is -2.91. The summed E-state index contributed by atoms with van der Waals surface area (Å²) in [7, 11) is -1.82. The number of anilines is 2. The average Bonchev–Trinajstić information content (AvgIpc) is 2.86. The van der Waals surface area contributed by atoms with Gasteiger partial charge in [0.25, 0.3) is 0 Å². The van der Waals surface area contributed by atoms with Crippen LogP contribution in [0.15, 0.2) is 77.7 Å². The van der Waals surface area contributed by atoms with E-state index in [1.165, 1.54) is 28.6 Å². The Morgan fingerprint density at radius 3 is 2.28 bits per heavy atom. The second-order valence-corrected chi connectivity index (χ2v) is 11.4. The zero-order valence-corrected chi connectivity index (χ0v) is 22.1. The van der Waals surface area contributed by atoms with E-state index in [4.69, 9.17) is 11.6 Å². The Morgan fingerprint density at radius 2 is 1.64 bits per heavy atom. The van der Waals surface area contributed by atoms with Gasteiger partial charge in [-0.1, -0.05) is 41.9 Å². The van der Waals surface area contributed by atoms with Crippen LogP contribution in [-0.2, 0) is 21.4 Å². The molecule has 1 fully saturated rings. The van der Waals surface area contributed by atoms with Crippen molar-refractivity contribution < 1.29 is 13.2 Å². The fourth-order valence-electron chi connectivity index (χ4n) is 4.17. The summed E-state index contributed by atoms with van der Waals surface area (Å²) in [5.74, 6) is -0.404. The lowest BCUT2D eigenvalue weighted by molar-refractivity contribution is -0.116. The smallest absolute Gasteiger partial charge is 0.243 e. The third-order valence-corrected chi connectivity index (χ3v) is 8.38. The number of likely N-dealkylation sites (N-methyl/N-ethyl adjacent to an activating group) is 1. The van der Waals surface area contributed by atoms with E-state index in [1.54, 1.807) is 0 Å². The number of piperazine rings is 1. The second kappa shape index (κ2) is 11.4. The highest BCUT2D eigenvalue weighted by Gasteiger charge is 2.27. The molecule has 9 heteroatoms. The molecule has 4 rings (SSSR count). The topological polar surface area (TPSA) is 73.0 Å². The van der Waals surface area contributed by atoms with Crippen molar-refractivity contribution in [3.05, 3.63) is 88.9 Å². The fraction of sp³-hybridized carbons (Fsp3) is 0.296. The van der Waals surface area contributed by atoms with Crippen LogP contribution in [0.4, 0.5) is 11.4 Å². The minimum absolute atomic E-state index is 0.0700. The normalized spacial score (nSPS) is 14.7. The number of hydrogen-bond donors (Lipinski definition) is 1. The number of rotatable bonds is 8.